The number of hydrogen-bond donors (Lipinski definition) is 0. The fraction of sp³-hybridized carbons (Fsp3) is 0.385. The van der Waals surface area contributed by atoms with E-state index in [4.69, 9.17) is 0 Å². The van der Waals surface area contributed by atoms with E-state index in [1.54, 1.807) is 24.3 Å². The number of carboxylic acids is 1. The van der Waals surface area contributed by atoms with Gasteiger partial charge in [-0.15, -0.1) is 0 Å². The van der Waals surface area contributed by atoms with E-state index < -0.39 is 12.0 Å². The van der Waals surface area contributed by atoms with Crippen LogP contribution in [0.3, 0.4) is 0 Å². The Hall–Kier alpha value is -1.84. The van der Waals surface area contributed by atoms with Crippen molar-refractivity contribution < 1.29 is 14.7 Å². The van der Waals surface area contributed by atoms with Gasteiger partial charge < -0.3 is 14.8 Å². The third-order valence-electron chi connectivity index (χ3n) is 3.06. The third-order valence-corrected chi connectivity index (χ3v) is 3.06. The fourth-order valence-corrected chi connectivity index (χ4v) is 2.17. The Morgan fingerprint density at radius 3 is 2.53 bits per heavy atom. The molecule has 90 valence electrons. The number of likely N-dealkylation sites (tertiary alicyclic amines) is 1. The molecular weight excluding hydrogens is 218 g/mol. The third kappa shape index (κ3) is 2.46. The first-order valence-electron chi connectivity index (χ1n) is 5.77. The van der Waals surface area contributed by atoms with Crippen molar-refractivity contribution in [1.82, 2.24) is 4.90 Å². The second kappa shape index (κ2) is 4.99. The molecule has 1 aromatic carbocycles. The minimum atomic E-state index is -1.16. The lowest BCUT2D eigenvalue weighted by molar-refractivity contribution is -0.311. The molecule has 0 aromatic heterocycles. The lowest BCUT2D eigenvalue weighted by Gasteiger charge is -2.36. The first-order valence-corrected chi connectivity index (χ1v) is 5.77. The second-order valence-corrected chi connectivity index (χ2v) is 4.20. The van der Waals surface area contributed by atoms with Crippen molar-refractivity contribution in [2.45, 2.75) is 25.3 Å². The zero-order chi connectivity index (χ0) is 12.3. The predicted molar refractivity (Wildman–Crippen MR) is 60.1 cm³/mol. The number of carbonyl (C=O) groups is 2. The second-order valence-electron chi connectivity index (χ2n) is 4.20. The number of amides is 1. The highest BCUT2D eigenvalue weighted by Gasteiger charge is 2.27. The summed E-state index contributed by atoms with van der Waals surface area (Å²) in [4.78, 5) is 24.6. The normalized spacial score (nSPS) is 20.0. The minimum absolute atomic E-state index is 0.223. The molecule has 4 nitrogen and oxygen atoms in total. The van der Waals surface area contributed by atoms with Gasteiger partial charge in [0, 0.05) is 12.1 Å². The monoisotopic (exact) mass is 232 g/mol. The van der Waals surface area contributed by atoms with E-state index >= 15 is 0 Å². The van der Waals surface area contributed by atoms with Crippen LogP contribution in [-0.2, 0) is 4.79 Å². The van der Waals surface area contributed by atoms with Crippen molar-refractivity contribution in [2.75, 3.05) is 6.54 Å². The van der Waals surface area contributed by atoms with Crippen molar-refractivity contribution in [1.29, 1.82) is 0 Å². The molecule has 1 fully saturated rings. The maximum atomic E-state index is 12.1. The summed E-state index contributed by atoms with van der Waals surface area (Å²) in [7, 11) is 0. The number of carbonyl (C=O) groups excluding carboxylic acids is 2. The number of carboxylic acid groups (broad SMARTS) is 1. The number of aliphatic carboxylic acids is 1. The van der Waals surface area contributed by atoms with Crippen LogP contribution in [0.1, 0.15) is 29.6 Å². The molecule has 0 unspecified atom stereocenters. The summed E-state index contributed by atoms with van der Waals surface area (Å²) in [6, 6.07) is 7.98. The Bertz CT molecular complexity index is 416. The first kappa shape index (κ1) is 11.6. The molecule has 1 aliphatic rings. The van der Waals surface area contributed by atoms with Crippen LogP contribution in [-0.4, -0.2) is 29.4 Å². The lowest BCUT2D eigenvalue weighted by atomic mass is 10.0. The average Bonchev–Trinajstić information content (AvgIpc) is 2.39. The topological polar surface area (TPSA) is 60.4 Å². The molecule has 1 aliphatic heterocycles. The molecule has 0 saturated carbocycles. The van der Waals surface area contributed by atoms with Crippen molar-refractivity contribution in [3.8, 4) is 0 Å². The number of hydrogen-bond acceptors (Lipinski definition) is 3. The van der Waals surface area contributed by atoms with Crippen LogP contribution < -0.4 is 5.11 Å². The highest BCUT2D eigenvalue weighted by atomic mass is 16.4. The molecule has 0 radical (unpaired) electrons. The van der Waals surface area contributed by atoms with E-state index in [0.29, 0.717) is 18.5 Å². The van der Waals surface area contributed by atoms with Crippen LogP contribution in [0.4, 0.5) is 0 Å². The van der Waals surface area contributed by atoms with Crippen LogP contribution in [0.2, 0.25) is 0 Å². The van der Waals surface area contributed by atoms with Gasteiger partial charge in [0.2, 0.25) is 0 Å². The summed E-state index contributed by atoms with van der Waals surface area (Å²) in [6.07, 6.45) is 2.17. The number of piperidine rings is 1. The fourth-order valence-electron chi connectivity index (χ4n) is 2.17. The van der Waals surface area contributed by atoms with E-state index in [-0.39, 0.29) is 5.91 Å². The van der Waals surface area contributed by atoms with Gasteiger partial charge in [0.15, 0.2) is 0 Å². The van der Waals surface area contributed by atoms with Gasteiger partial charge in [-0.05, 0) is 31.4 Å². The molecule has 1 atom stereocenters. The Morgan fingerprint density at radius 1 is 1.18 bits per heavy atom. The highest BCUT2D eigenvalue weighted by Crippen LogP contribution is 2.19. The SMILES string of the molecule is O=C([O-])[C@@H]1CCCCN1C(=O)c1ccccc1. The van der Waals surface area contributed by atoms with Crippen LogP contribution in [0.25, 0.3) is 0 Å². The van der Waals surface area contributed by atoms with E-state index in [1.807, 2.05) is 6.07 Å². The van der Waals surface area contributed by atoms with Gasteiger partial charge in [0.1, 0.15) is 0 Å². The summed E-state index contributed by atoms with van der Waals surface area (Å²) in [5, 5.41) is 11.0. The quantitative estimate of drug-likeness (QED) is 0.743. The summed E-state index contributed by atoms with van der Waals surface area (Å²) < 4.78 is 0. The molecule has 0 aliphatic carbocycles. The van der Waals surface area contributed by atoms with Gasteiger partial charge in [-0.25, -0.2) is 0 Å². The maximum absolute atomic E-state index is 12.1. The Labute approximate surface area is 99.9 Å². The lowest BCUT2D eigenvalue weighted by Crippen LogP contribution is -2.52. The molecule has 4 heteroatoms. The summed E-state index contributed by atoms with van der Waals surface area (Å²) in [6.45, 7) is 0.492. The Morgan fingerprint density at radius 2 is 1.88 bits per heavy atom. The molecule has 0 N–H and O–H groups in total. The maximum Gasteiger partial charge on any atom is 0.254 e. The van der Waals surface area contributed by atoms with Crippen molar-refractivity contribution in [2.24, 2.45) is 0 Å². The van der Waals surface area contributed by atoms with Gasteiger partial charge in [0.25, 0.3) is 5.91 Å². The molecule has 0 spiro atoms. The van der Waals surface area contributed by atoms with Crippen LogP contribution in [0, 0.1) is 0 Å². The standard InChI is InChI=1S/C13H15NO3/c15-12(10-6-2-1-3-7-10)14-9-5-4-8-11(14)13(16)17/h1-3,6-7,11H,4-5,8-9H2,(H,16,17)/p-1/t11-/m0/s1. The van der Waals surface area contributed by atoms with E-state index in [1.165, 1.54) is 4.90 Å². The summed E-state index contributed by atoms with van der Waals surface area (Å²) in [5.41, 5.74) is 0.528. The minimum Gasteiger partial charge on any atom is -0.548 e. The van der Waals surface area contributed by atoms with Gasteiger partial charge in [-0.1, -0.05) is 18.2 Å². The van der Waals surface area contributed by atoms with Gasteiger partial charge in [-0.2, -0.15) is 0 Å². The molecule has 1 saturated heterocycles. The molecule has 2 rings (SSSR count). The van der Waals surface area contributed by atoms with E-state index in [9.17, 15) is 14.7 Å². The largest absolute Gasteiger partial charge is 0.548 e. The molecular formula is C13H14NO3-. The zero-order valence-electron chi connectivity index (χ0n) is 9.46. The van der Waals surface area contributed by atoms with E-state index in [0.717, 1.165) is 12.8 Å². The number of nitrogens with zero attached hydrogens (tertiary/aromatic N) is 1. The van der Waals surface area contributed by atoms with Gasteiger partial charge in [0.05, 0.1) is 12.0 Å². The van der Waals surface area contributed by atoms with Crippen molar-refractivity contribution >= 4 is 11.9 Å². The molecule has 1 heterocycles. The van der Waals surface area contributed by atoms with Crippen LogP contribution >= 0.6 is 0 Å². The summed E-state index contributed by atoms with van der Waals surface area (Å²) >= 11 is 0. The highest BCUT2D eigenvalue weighted by molar-refractivity contribution is 5.96. The molecule has 0 bridgehead atoms. The molecule has 1 aromatic rings. The number of benzene rings is 1. The van der Waals surface area contributed by atoms with Gasteiger partial charge in [-0.3, -0.25) is 4.79 Å². The Kier molecular flexibility index (Phi) is 3.42. The molecule has 1 amide bonds. The molecule has 17 heavy (non-hydrogen) atoms. The van der Waals surface area contributed by atoms with Gasteiger partial charge >= 0.3 is 0 Å². The van der Waals surface area contributed by atoms with E-state index in [2.05, 4.69) is 0 Å². The van der Waals surface area contributed by atoms with Crippen molar-refractivity contribution in [3.05, 3.63) is 35.9 Å². The zero-order valence-corrected chi connectivity index (χ0v) is 9.46. The first-order chi connectivity index (χ1) is 8.20. The smallest absolute Gasteiger partial charge is 0.254 e. The van der Waals surface area contributed by atoms with Crippen molar-refractivity contribution in [3.63, 3.8) is 0 Å². The summed E-state index contributed by atoms with van der Waals surface area (Å²) in [5.74, 6) is -1.38. The average molecular weight is 232 g/mol. The van der Waals surface area contributed by atoms with Crippen LogP contribution in [0.5, 0.6) is 0 Å². The number of rotatable bonds is 2. The van der Waals surface area contributed by atoms with Crippen LogP contribution in [0.15, 0.2) is 30.3 Å². The Balaban J connectivity index is 2.20. The predicted octanol–water partition coefficient (Wildman–Crippen LogP) is 0.431.